The Balaban J connectivity index is 0.000000285. The Morgan fingerprint density at radius 1 is 0.796 bits per heavy atom. The van der Waals surface area contributed by atoms with Crippen molar-refractivity contribution in [1.29, 1.82) is 0 Å². The molecule has 0 radical (unpaired) electrons. The maximum atomic E-state index is 11.7. The maximum absolute atomic E-state index is 11.7. The third-order valence-electron chi connectivity index (χ3n) is 10.5. The summed E-state index contributed by atoms with van der Waals surface area (Å²) in [5, 5.41) is 30.3. The minimum absolute atomic E-state index is 0.0588. The van der Waals surface area contributed by atoms with Crippen molar-refractivity contribution in [2.45, 2.75) is 134 Å². The highest BCUT2D eigenvalue weighted by molar-refractivity contribution is 5.80. The first kappa shape index (κ1) is 48.4. The van der Waals surface area contributed by atoms with Gasteiger partial charge in [-0.15, -0.1) is 0 Å². The van der Waals surface area contributed by atoms with Gasteiger partial charge in [-0.25, -0.2) is 9.79 Å². The summed E-state index contributed by atoms with van der Waals surface area (Å²) in [4.78, 5) is 23.2. The predicted octanol–water partition coefficient (Wildman–Crippen LogP) is 4.04. The minimum atomic E-state index is -0.396. The van der Waals surface area contributed by atoms with E-state index < -0.39 is 5.60 Å². The number of ether oxygens (including phenoxy) is 5. The van der Waals surface area contributed by atoms with Crippen LogP contribution in [0.25, 0.3) is 0 Å². The lowest BCUT2D eigenvalue weighted by Crippen LogP contribution is -2.51. The largest absolute Gasteiger partial charge is 0.443 e. The molecule has 318 valence electrons. The molecule has 14 heteroatoms. The summed E-state index contributed by atoms with van der Waals surface area (Å²) in [6.07, 6.45) is 16.0. The number of hydrogen-bond acceptors (Lipinski definition) is 11. The molecular weight excluding hydrogens is 694 g/mol. The van der Waals surface area contributed by atoms with E-state index in [-0.39, 0.29) is 25.4 Å². The number of likely N-dealkylation sites (tertiary alicyclic amines) is 1. The van der Waals surface area contributed by atoms with E-state index in [1.165, 1.54) is 70.2 Å². The second-order valence-electron chi connectivity index (χ2n) is 15.4. The quantitative estimate of drug-likeness (QED) is 0.0902. The van der Waals surface area contributed by atoms with E-state index in [2.05, 4.69) is 15.1 Å². The number of carbonyl (C=O) groups excluding carboxylic acids is 1. The van der Waals surface area contributed by atoms with Crippen LogP contribution >= 0.6 is 0 Å². The van der Waals surface area contributed by atoms with Crippen LogP contribution in [0.4, 0.5) is 4.79 Å². The molecular formula is C40H79N5O9. The zero-order valence-electron chi connectivity index (χ0n) is 34.5. The Hall–Kier alpha value is -1.78. The first-order valence-corrected chi connectivity index (χ1v) is 21.1. The second kappa shape index (κ2) is 30.4. The van der Waals surface area contributed by atoms with Gasteiger partial charge >= 0.3 is 6.09 Å². The molecule has 0 unspecified atom stereocenters. The smallest absolute Gasteiger partial charge is 0.410 e. The van der Waals surface area contributed by atoms with Crippen molar-refractivity contribution >= 4 is 12.1 Å². The summed E-state index contributed by atoms with van der Waals surface area (Å²) in [6, 6.07) is 1.19. The highest BCUT2D eigenvalue weighted by Crippen LogP contribution is 2.22. The van der Waals surface area contributed by atoms with Gasteiger partial charge in [0.1, 0.15) is 5.60 Å². The molecule has 0 aromatic rings. The van der Waals surface area contributed by atoms with Gasteiger partial charge in [0, 0.05) is 65.6 Å². The van der Waals surface area contributed by atoms with Gasteiger partial charge < -0.3 is 54.1 Å². The number of nitrogens with one attached hydrogen (secondary N) is 1. The molecule has 4 aliphatic rings. The summed E-state index contributed by atoms with van der Waals surface area (Å²) in [5.41, 5.74) is -0.396. The number of amides is 1. The van der Waals surface area contributed by atoms with Crippen molar-refractivity contribution in [2.75, 3.05) is 112 Å². The molecule has 0 bridgehead atoms. The molecule has 4 fully saturated rings. The van der Waals surface area contributed by atoms with Crippen molar-refractivity contribution in [1.82, 2.24) is 20.0 Å². The second-order valence-corrected chi connectivity index (χ2v) is 15.4. The van der Waals surface area contributed by atoms with Crippen molar-refractivity contribution in [3.8, 4) is 0 Å². The zero-order valence-corrected chi connectivity index (χ0v) is 34.5. The fourth-order valence-electron chi connectivity index (χ4n) is 6.71. The van der Waals surface area contributed by atoms with Crippen molar-refractivity contribution in [2.24, 2.45) is 4.99 Å². The highest BCUT2D eigenvalue weighted by atomic mass is 16.6. The molecule has 0 aromatic heterocycles. The molecule has 1 amide bonds. The number of hydrogen-bond donors (Lipinski definition) is 4. The van der Waals surface area contributed by atoms with E-state index in [4.69, 9.17) is 38.9 Å². The van der Waals surface area contributed by atoms with Crippen molar-refractivity contribution < 1.29 is 43.8 Å². The van der Waals surface area contributed by atoms with E-state index in [1.807, 2.05) is 20.8 Å². The van der Waals surface area contributed by atoms with Crippen LogP contribution in [0.5, 0.6) is 0 Å². The number of morpholine rings is 1. The van der Waals surface area contributed by atoms with Crippen LogP contribution in [0.1, 0.15) is 111 Å². The Bertz CT molecular complexity index is 925. The zero-order chi connectivity index (χ0) is 39.3. The third kappa shape index (κ3) is 22.7. The van der Waals surface area contributed by atoms with Gasteiger partial charge in [-0.3, -0.25) is 4.90 Å². The minimum Gasteiger partial charge on any atom is -0.443 e. The maximum Gasteiger partial charge on any atom is 0.410 e. The lowest BCUT2D eigenvalue weighted by molar-refractivity contribution is -0.000757. The van der Waals surface area contributed by atoms with Crippen molar-refractivity contribution in [3.63, 3.8) is 0 Å². The molecule has 4 rings (SSSR count). The summed E-state index contributed by atoms with van der Waals surface area (Å²) in [7, 11) is 1.69. The van der Waals surface area contributed by atoms with E-state index in [1.54, 1.807) is 12.0 Å². The first-order valence-electron chi connectivity index (χ1n) is 21.1. The number of aliphatic imine (C=N–C) groups is 1. The molecule has 54 heavy (non-hydrogen) atoms. The lowest BCUT2D eigenvalue weighted by atomic mass is 9.95. The number of piperidine rings is 1. The van der Waals surface area contributed by atoms with Gasteiger partial charge in [-0.05, 0) is 65.2 Å². The Labute approximate surface area is 327 Å². The summed E-state index contributed by atoms with van der Waals surface area (Å²) in [5.74, 6) is 1.18. The van der Waals surface area contributed by atoms with Gasteiger partial charge in [-0.2, -0.15) is 0 Å². The number of methoxy groups -OCH3 is 1. The molecule has 2 saturated carbocycles. The first-order chi connectivity index (χ1) is 26.2. The number of guanidine groups is 1. The third-order valence-corrected chi connectivity index (χ3v) is 10.5. The van der Waals surface area contributed by atoms with Gasteiger partial charge in [-0.1, -0.05) is 45.4 Å². The molecule has 2 heterocycles. The number of nitrogens with zero attached hydrogens (tertiary/aromatic N) is 4. The van der Waals surface area contributed by atoms with E-state index in [9.17, 15) is 9.90 Å². The number of rotatable bonds is 18. The van der Waals surface area contributed by atoms with Crippen LogP contribution in [0.15, 0.2) is 4.99 Å². The Kier molecular flexibility index (Phi) is 27.2. The number of aliphatic hydroxyl groups excluding tert-OH is 3. The molecule has 0 aromatic carbocycles. The van der Waals surface area contributed by atoms with E-state index in [0.717, 1.165) is 65.4 Å². The van der Waals surface area contributed by atoms with Crippen LogP contribution in [0, 0.1) is 0 Å². The summed E-state index contributed by atoms with van der Waals surface area (Å²) < 4.78 is 26.4. The van der Waals surface area contributed by atoms with Crippen LogP contribution < -0.4 is 5.32 Å². The molecule has 0 atom stereocenters. The van der Waals surface area contributed by atoms with Crippen LogP contribution in [0.3, 0.4) is 0 Å². The fraction of sp³-hybridized carbons (Fsp3) is 0.950. The van der Waals surface area contributed by atoms with Gasteiger partial charge in [0.15, 0.2) is 5.96 Å². The standard InChI is InChI=1S/C17H31N3O.C12H27NO5.C11H21NO3/c1-3-7-15(8-4-1)18-17(20-11-13-21-14-12-20)19-16-9-5-2-6-10-16;1-16-8-2-3-13(4-9-17-11-6-14)5-10-18-12-7-15;1-4-11(2,3)15-10(14)12-7-5-9(13)6-8-12/h15-16H,1-14H2,(H,18,19);14-15H,2-12H2,1H3;9,13H,4-8H2,1-3H3. The van der Waals surface area contributed by atoms with Gasteiger partial charge in [0.2, 0.25) is 0 Å². The molecule has 2 saturated heterocycles. The van der Waals surface area contributed by atoms with Crippen LogP contribution in [-0.2, 0) is 23.7 Å². The SMILES string of the molecule is C1CCC(N=C(NC2CCCCC2)N2CCOCC2)CC1.CCC(C)(C)OC(=O)N1CCC(O)CC1.COCCCN(CCOCCO)CCOCCO. The van der Waals surface area contributed by atoms with Gasteiger partial charge in [0.25, 0.3) is 0 Å². The van der Waals surface area contributed by atoms with E-state index in [0.29, 0.717) is 64.4 Å². The summed E-state index contributed by atoms with van der Waals surface area (Å²) in [6.45, 7) is 16.1. The average molecular weight is 774 g/mol. The van der Waals surface area contributed by atoms with Crippen molar-refractivity contribution in [3.05, 3.63) is 0 Å². The fourth-order valence-corrected chi connectivity index (χ4v) is 6.71. The molecule has 4 N–H and O–H groups in total. The predicted molar refractivity (Wildman–Crippen MR) is 213 cm³/mol. The monoisotopic (exact) mass is 774 g/mol. The molecule has 2 aliphatic carbocycles. The summed E-state index contributed by atoms with van der Waals surface area (Å²) >= 11 is 0. The number of aliphatic hydroxyl groups is 3. The van der Waals surface area contributed by atoms with Crippen LogP contribution in [0.2, 0.25) is 0 Å². The lowest BCUT2D eigenvalue weighted by Gasteiger charge is -2.34. The molecule has 2 aliphatic heterocycles. The Morgan fingerprint density at radius 2 is 1.37 bits per heavy atom. The van der Waals surface area contributed by atoms with Crippen LogP contribution in [-0.4, -0.2) is 178 Å². The normalized spacial score (nSPS) is 19.5. The van der Waals surface area contributed by atoms with Gasteiger partial charge in [0.05, 0.1) is 65.0 Å². The Morgan fingerprint density at radius 3 is 1.91 bits per heavy atom. The van der Waals surface area contributed by atoms with E-state index >= 15 is 0 Å². The average Bonchev–Trinajstić information content (AvgIpc) is 3.19. The highest BCUT2D eigenvalue weighted by Gasteiger charge is 2.27. The molecule has 0 spiro atoms. The topological polar surface area (TPSA) is 158 Å². The molecule has 14 nitrogen and oxygen atoms in total. The number of carbonyl (C=O) groups is 1.